The van der Waals surface area contributed by atoms with Crippen LogP contribution in [0.4, 0.5) is 5.69 Å². The summed E-state index contributed by atoms with van der Waals surface area (Å²) < 4.78 is 7.84. The first-order valence-corrected chi connectivity index (χ1v) is 11.8. The Morgan fingerprint density at radius 1 is 1.13 bits per heavy atom. The quantitative estimate of drug-likeness (QED) is 0.177. The summed E-state index contributed by atoms with van der Waals surface area (Å²) in [5.41, 5.74) is 3.61. The Labute approximate surface area is 213 Å². The average Bonchev–Trinajstić information content (AvgIpc) is 2.73. The third kappa shape index (κ3) is 6.69. The molecule has 4 nitrogen and oxygen atoms in total. The number of rotatable bonds is 6. The summed E-state index contributed by atoms with van der Waals surface area (Å²) in [7, 11) is 0. The molecule has 1 N–H and O–H groups in total. The van der Waals surface area contributed by atoms with Gasteiger partial charge in [0.05, 0.1) is 7.14 Å². The van der Waals surface area contributed by atoms with Crippen LogP contribution in [0, 0.1) is 25.4 Å². The van der Waals surface area contributed by atoms with Crippen molar-refractivity contribution >= 4 is 74.5 Å². The van der Waals surface area contributed by atoms with Gasteiger partial charge in [-0.05, 0) is 106 Å². The zero-order valence-electron chi connectivity index (χ0n) is 16.5. The van der Waals surface area contributed by atoms with Crippen LogP contribution in [0.25, 0.3) is 6.08 Å². The number of nitrogens with zero attached hydrogens (tertiary/aromatic N) is 1. The molecule has 0 fully saturated rings. The van der Waals surface area contributed by atoms with Crippen molar-refractivity contribution < 1.29 is 9.53 Å². The van der Waals surface area contributed by atoms with Crippen LogP contribution in [-0.4, -0.2) is 5.91 Å². The second kappa shape index (κ2) is 11.0. The minimum absolute atomic E-state index is 0.00924. The summed E-state index contributed by atoms with van der Waals surface area (Å²) in [6, 6.07) is 20.6. The molecule has 3 rings (SSSR count). The molecule has 0 aliphatic carbocycles. The third-order valence-corrected chi connectivity index (χ3v) is 6.12. The molecule has 1 amide bonds. The lowest BCUT2D eigenvalue weighted by molar-refractivity contribution is -0.112. The zero-order valence-corrected chi connectivity index (χ0v) is 21.5. The SMILES string of the molecule is Cc1cccc(COc2c(I)cc(/C=C(/C#N)C(=O)Nc3ccc(Cl)cc3)cc2I)c1. The largest absolute Gasteiger partial charge is 0.487 e. The Morgan fingerprint density at radius 2 is 1.81 bits per heavy atom. The lowest BCUT2D eigenvalue weighted by atomic mass is 10.1. The van der Waals surface area contributed by atoms with Crippen molar-refractivity contribution in [3.63, 3.8) is 0 Å². The van der Waals surface area contributed by atoms with Crippen molar-refractivity contribution in [1.82, 2.24) is 0 Å². The molecule has 0 unspecified atom stereocenters. The third-order valence-electron chi connectivity index (χ3n) is 4.26. The Kier molecular flexibility index (Phi) is 8.35. The summed E-state index contributed by atoms with van der Waals surface area (Å²) in [5.74, 6) is 0.304. The first-order chi connectivity index (χ1) is 14.9. The van der Waals surface area contributed by atoms with Gasteiger partial charge < -0.3 is 10.1 Å². The molecule has 0 aliphatic heterocycles. The molecule has 0 bridgehead atoms. The lowest BCUT2D eigenvalue weighted by Crippen LogP contribution is -2.13. The highest BCUT2D eigenvalue weighted by molar-refractivity contribution is 14.1. The monoisotopic (exact) mass is 654 g/mol. The second-order valence-corrected chi connectivity index (χ2v) is 9.48. The highest BCUT2D eigenvalue weighted by atomic mass is 127. The van der Waals surface area contributed by atoms with Gasteiger partial charge in [-0.25, -0.2) is 0 Å². The minimum atomic E-state index is -0.477. The van der Waals surface area contributed by atoms with Crippen molar-refractivity contribution in [2.75, 3.05) is 5.32 Å². The highest BCUT2D eigenvalue weighted by Gasteiger charge is 2.13. The van der Waals surface area contributed by atoms with E-state index in [1.165, 1.54) is 5.56 Å². The number of nitriles is 1. The van der Waals surface area contributed by atoms with Gasteiger partial charge >= 0.3 is 0 Å². The molecule has 3 aromatic carbocycles. The van der Waals surface area contributed by atoms with Crippen LogP contribution in [0.3, 0.4) is 0 Å². The topological polar surface area (TPSA) is 62.1 Å². The number of carbonyl (C=O) groups is 1. The summed E-state index contributed by atoms with van der Waals surface area (Å²) in [6.45, 7) is 2.52. The number of hydrogen-bond acceptors (Lipinski definition) is 3. The van der Waals surface area contributed by atoms with Gasteiger partial charge in [-0.1, -0.05) is 41.4 Å². The second-order valence-electron chi connectivity index (χ2n) is 6.72. The first-order valence-electron chi connectivity index (χ1n) is 9.22. The van der Waals surface area contributed by atoms with Crippen LogP contribution in [0.15, 0.2) is 66.2 Å². The van der Waals surface area contributed by atoms with Crippen LogP contribution in [0.1, 0.15) is 16.7 Å². The molecule has 0 spiro atoms. The Balaban J connectivity index is 1.76. The minimum Gasteiger partial charge on any atom is -0.487 e. The number of aryl methyl sites for hydroxylation is 1. The maximum Gasteiger partial charge on any atom is 0.266 e. The molecule has 0 saturated carbocycles. The average molecular weight is 655 g/mol. The van der Waals surface area contributed by atoms with E-state index in [0.717, 1.165) is 24.0 Å². The van der Waals surface area contributed by atoms with Crippen LogP contribution < -0.4 is 10.1 Å². The number of hydrogen-bond donors (Lipinski definition) is 1. The first kappa shape index (κ1) is 23.6. The van der Waals surface area contributed by atoms with Gasteiger partial charge in [0.25, 0.3) is 5.91 Å². The molecule has 0 aromatic heterocycles. The summed E-state index contributed by atoms with van der Waals surface area (Å²) in [6.07, 6.45) is 1.57. The molecule has 0 atom stereocenters. The van der Waals surface area contributed by atoms with Crippen LogP contribution >= 0.6 is 56.8 Å². The number of nitrogens with one attached hydrogen (secondary N) is 1. The van der Waals surface area contributed by atoms with Crippen molar-refractivity contribution in [3.05, 3.63) is 95.1 Å². The van der Waals surface area contributed by atoms with E-state index in [1.54, 1.807) is 30.3 Å². The molecule has 156 valence electrons. The smallest absolute Gasteiger partial charge is 0.266 e. The summed E-state index contributed by atoms with van der Waals surface area (Å²) >= 11 is 10.3. The van der Waals surface area contributed by atoms with Crippen LogP contribution in [0.5, 0.6) is 5.75 Å². The fourth-order valence-corrected chi connectivity index (χ4v) is 5.06. The van der Waals surface area contributed by atoms with E-state index in [4.69, 9.17) is 16.3 Å². The fraction of sp³-hybridized carbons (Fsp3) is 0.0833. The number of ether oxygens (including phenoxy) is 1. The zero-order chi connectivity index (χ0) is 22.4. The van der Waals surface area contributed by atoms with Gasteiger partial charge in [-0.15, -0.1) is 0 Å². The predicted octanol–water partition coefficient (Wildman–Crippen LogP) is 6.98. The van der Waals surface area contributed by atoms with E-state index in [2.05, 4.69) is 56.6 Å². The molecule has 3 aromatic rings. The summed E-state index contributed by atoms with van der Waals surface area (Å²) in [4.78, 5) is 12.5. The van der Waals surface area contributed by atoms with Gasteiger partial charge in [0.2, 0.25) is 0 Å². The Bertz CT molecular complexity index is 1160. The highest BCUT2D eigenvalue weighted by Crippen LogP contribution is 2.30. The predicted molar refractivity (Wildman–Crippen MR) is 141 cm³/mol. The van der Waals surface area contributed by atoms with Gasteiger partial charge in [-0.2, -0.15) is 5.26 Å². The lowest BCUT2D eigenvalue weighted by Gasteiger charge is -2.12. The molecule has 0 heterocycles. The van der Waals surface area contributed by atoms with E-state index in [9.17, 15) is 10.1 Å². The van der Waals surface area contributed by atoms with E-state index in [0.29, 0.717) is 17.3 Å². The van der Waals surface area contributed by atoms with Crippen LogP contribution in [-0.2, 0) is 11.4 Å². The van der Waals surface area contributed by atoms with Gasteiger partial charge in [0, 0.05) is 10.7 Å². The number of amides is 1. The van der Waals surface area contributed by atoms with Gasteiger partial charge in [0.15, 0.2) is 0 Å². The summed E-state index contributed by atoms with van der Waals surface area (Å²) in [5, 5.41) is 12.8. The molecule has 0 saturated heterocycles. The molecular formula is C24H17ClI2N2O2. The number of carbonyl (C=O) groups excluding carboxylic acids is 1. The number of halogens is 3. The van der Waals surface area contributed by atoms with Crippen molar-refractivity contribution in [2.24, 2.45) is 0 Å². The maximum absolute atomic E-state index is 12.5. The van der Waals surface area contributed by atoms with E-state index in [1.807, 2.05) is 43.3 Å². The molecular weight excluding hydrogens is 638 g/mol. The van der Waals surface area contributed by atoms with Gasteiger partial charge in [-0.3, -0.25) is 4.79 Å². The van der Waals surface area contributed by atoms with Crippen LogP contribution in [0.2, 0.25) is 5.02 Å². The van der Waals surface area contributed by atoms with Crippen molar-refractivity contribution in [3.8, 4) is 11.8 Å². The van der Waals surface area contributed by atoms with E-state index >= 15 is 0 Å². The number of benzene rings is 3. The maximum atomic E-state index is 12.5. The van der Waals surface area contributed by atoms with Crippen molar-refractivity contribution in [1.29, 1.82) is 5.26 Å². The standard InChI is InChI=1S/C24H17ClI2N2O2/c1-15-3-2-4-16(9-15)14-31-23-21(26)11-17(12-22(23)27)10-18(13-28)24(30)29-20-7-5-19(25)6-8-20/h2-12H,14H2,1H3,(H,29,30)/b18-10-. The normalized spacial score (nSPS) is 11.0. The van der Waals surface area contributed by atoms with E-state index in [-0.39, 0.29) is 5.57 Å². The molecule has 0 aliphatic rings. The number of anilines is 1. The van der Waals surface area contributed by atoms with Crippen molar-refractivity contribution in [2.45, 2.75) is 13.5 Å². The fourth-order valence-electron chi connectivity index (χ4n) is 2.81. The Hall–Kier alpha value is -2.09. The Morgan fingerprint density at radius 3 is 2.42 bits per heavy atom. The molecule has 7 heteroatoms. The molecule has 31 heavy (non-hydrogen) atoms. The van der Waals surface area contributed by atoms with E-state index < -0.39 is 5.91 Å². The van der Waals surface area contributed by atoms with Gasteiger partial charge in [0.1, 0.15) is 24.0 Å². The molecule has 0 radical (unpaired) electrons.